The summed E-state index contributed by atoms with van der Waals surface area (Å²) in [5.41, 5.74) is 1.12. The predicted molar refractivity (Wildman–Crippen MR) is 96.2 cm³/mol. The lowest BCUT2D eigenvalue weighted by Crippen LogP contribution is -2.30. The van der Waals surface area contributed by atoms with Crippen LogP contribution >= 0.6 is 23.2 Å². The van der Waals surface area contributed by atoms with Crippen LogP contribution < -0.4 is 10.1 Å². The highest BCUT2D eigenvalue weighted by atomic mass is 35.5. The van der Waals surface area contributed by atoms with Crippen LogP contribution in [0.2, 0.25) is 10.0 Å². The van der Waals surface area contributed by atoms with Crippen molar-refractivity contribution in [3.8, 4) is 5.75 Å². The number of amides is 1. The average Bonchev–Trinajstić information content (AvgIpc) is 2.53. The Morgan fingerprint density at radius 1 is 1.08 bits per heavy atom. The summed E-state index contributed by atoms with van der Waals surface area (Å²) < 4.78 is 5.59. The zero-order chi connectivity index (χ0) is 17.7. The Morgan fingerprint density at radius 3 is 2.21 bits per heavy atom. The van der Waals surface area contributed by atoms with E-state index in [0.29, 0.717) is 33.5 Å². The molecule has 126 valence electrons. The highest BCUT2D eigenvalue weighted by molar-refractivity contribution is 6.35. The zero-order valence-electron chi connectivity index (χ0n) is 13.3. The molecule has 1 amide bonds. The van der Waals surface area contributed by atoms with Crippen LogP contribution in [0.25, 0.3) is 0 Å². The molecule has 2 rings (SSSR count). The number of carbonyl (C=O) groups is 2. The Kier molecular flexibility index (Phi) is 6.23. The highest BCUT2D eigenvalue weighted by Crippen LogP contribution is 2.23. The summed E-state index contributed by atoms with van der Waals surface area (Å²) in [5, 5.41) is 3.56. The van der Waals surface area contributed by atoms with Crippen molar-refractivity contribution >= 4 is 40.6 Å². The van der Waals surface area contributed by atoms with E-state index >= 15 is 0 Å². The summed E-state index contributed by atoms with van der Waals surface area (Å²) in [4.78, 5) is 23.8. The van der Waals surface area contributed by atoms with Crippen molar-refractivity contribution in [2.24, 2.45) is 0 Å². The SMILES string of the molecule is CCC(=O)c1ccc(O[C@@H](C)C(=O)Nc2cc(Cl)cc(Cl)c2)cc1. The van der Waals surface area contributed by atoms with Gasteiger partial charge in [-0.15, -0.1) is 0 Å². The molecule has 0 aliphatic rings. The molecule has 24 heavy (non-hydrogen) atoms. The van der Waals surface area contributed by atoms with Gasteiger partial charge in [-0.05, 0) is 49.4 Å². The monoisotopic (exact) mass is 365 g/mol. The van der Waals surface area contributed by atoms with E-state index in [0.717, 1.165) is 0 Å². The maximum Gasteiger partial charge on any atom is 0.265 e. The topological polar surface area (TPSA) is 55.4 Å². The second kappa shape index (κ2) is 8.18. The number of halogens is 2. The van der Waals surface area contributed by atoms with E-state index in [4.69, 9.17) is 27.9 Å². The minimum absolute atomic E-state index is 0.0603. The third-order valence-corrected chi connectivity index (χ3v) is 3.75. The number of hydrogen-bond acceptors (Lipinski definition) is 3. The van der Waals surface area contributed by atoms with Gasteiger partial charge in [-0.3, -0.25) is 9.59 Å². The molecule has 0 aromatic heterocycles. The van der Waals surface area contributed by atoms with Crippen molar-refractivity contribution in [1.82, 2.24) is 0 Å². The van der Waals surface area contributed by atoms with E-state index in [-0.39, 0.29) is 11.7 Å². The van der Waals surface area contributed by atoms with Crippen LogP contribution in [0.1, 0.15) is 30.6 Å². The number of anilines is 1. The summed E-state index contributed by atoms with van der Waals surface area (Å²) in [7, 11) is 0. The number of hydrogen-bond donors (Lipinski definition) is 1. The molecular weight excluding hydrogens is 349 g/mol. The standard InChI is InChI=1S/C18H17Cl2NO3/c1-3-17(22)12-4-6-16(7-5-12)24-11(2)18(23)21-15-9-13(19)8-14(20)10-15/h4-11H,3H2,1-2H3,(H,21,23)/t11-/m0/s1. The first-order chi connectivity index (χ1) is 11.4. The number of benzene rings is 2. The van der Waals surface area contributed by atoms with Crippen molar-refractivity contribution in [1.29, 1.82) is 0 Å². The maximum absolute atomic E-state index is 12.2. The van der Waals surface area contributed by atoms with Gasteiger partial charge in [0.05, 0.1) is 0 Å². The Labute approximate surface area is 150 Å². The first kappa shape index (κ1) is 18.3. The van der Waals surface area contributed by atoms with Crippen molar-refractivity contribution in [3.63, 3.8) is 0 Å². The smallest absolute Gasteiger partial charge is 0.265 e. The summed E-state index contributed by atoms with van der Waals surface area (Å²) in [5.74, 6) is 0.238. The van der Waals surface area contributed by atoms with Crippen molar-refractivity contribution in [2.45, 2.75) is 26.4 Å². The van der Waals surface area contributed by atoms with E-state index in [9.17, 15) is 9.59 Å². The van der Waals surface area contributed by atoms with E-state index in [1.807, 2.05) is 0 Å². The van der Waals surface area contributed by atoms with Crippen LogP contribution in [0, 0.1) is 0 Å². The van der Waals surface area contributed by atoms with Crippen LogP contribution in [-0.2, 0) is 4.79 Å². The molecule has 0 aliphatic heterocycles. The Balaban J connectivity index is 1.99. The van der Waals surface area contributed by atoms with Gasteiger partial charge in [-0.1, -0.05) is 30.1 Å². The minimum Gasteiger partial charge on any atom is -0.481 e. The Morgan fingerprint density at radius 2 is 1.67 bits per heavy atom. The molecule has 0 fully saturated rings. The first-order valence-electron chi connectivity index (χ1n) is 7.46. The Bertz CT molecular complexity index is 724. The number of nitrogens with one attached hydrogen (secondary N) is 1. The normalized spacial score (nSPS) is 11.7. The molecule has 0 saturated carbocycles. The zero-order valence-corrected chi connectivity index (χ0v) is 14.8. The fourth-order valence-electron chi connectivity index (χ4n) is 2.05. The molecule has 0 spiro atoms. The van der Waals surface area contributed by atoms with E-state index in [1.165, 1.54) is 0 Å². The Hall–Kier alpha value is -2.04. The van der Waals surface area contributed by atoms with Crippen molar-refractivity contribution < 1.29 is 14.3 Å². The second-order valence-corrected chi connectivity index (χ2v) is 6.08. The predicted octanol–water partition coefficient (Wildman–Crippen LogP) is 4.99. The van der Waals surface area contributed by atoms with E-state index in [2.05, 4.69) is 5.32 Å². The molecule has 0 aliphatic carbocycles. The van der Waals surface area contributed by atoms with Crippen LogP contribution in [0.15, 0.2) is 42.5 Å². The molecule has 0 heterocycles. The molecule has 0 unspecified atom stereocenters. The van der Waals surface area contributed by atoms with Gasteiger partial charge in [0.25, 0.3) is 5.91 Å². The lowest BCUT2D eigenvalue weighted by atomic mass is 10.1. The van der Waals surface area contributed by atoms with Crippen LogP contribution in [0.5, 0.6) is 5.75 Å². The molecule has 4 nitrogen and oxygen atoms in total. The third-order valence-electron chi connectivity index (χ3n) is 3.31. The van der Waals surface area contributed by atoms with Gasteiger partial charge < -0.3 is 10.1 Å². The van der Waals surface area contributed by atoms with Crippen LogP contribution in [0.4, 0.5) is 5.69 Å². The summed E-state index contributed by atoms with van der Waals surface area (Å²) >= 11 is 11.8. The molecule has 0 bridgehead atoms. The fourth-order valence-corrected chi connectivity index (χ4v) is 2.58. The molecule has 1 N–H and O–H groups in total. The van der Waals surface area contributed by atoms with Crippen LogP contribution in [-0.4, -0.2) is 17.8 Å². The minimum atomic E-state index is -0.726. The molecule has 1 atom stereocenters. The molecule has 6 heteroatoms. The lowest BCUT2D eigenvalue weighted by molar-refractivity contribution is -0.122. The number of rotatable bonds is 6. The van der Waals surface area contributed by atoms with Crippen LogP contribution in [0.3, 0.4) is 0 Å². The lowest BCUT2D eigenvalue weighted by Gasteiger charge is -2.15. The molecule has 2 aromatic carbocycles. The molecule has 0 radical (unpaired) electrons. The van der Waals surface area contributed by atoms with Gasteiger partial charge in [0.1, 0.15) is 5.75 Å². The van der Waals surface area contributed by atoms with Gasteiger partial charge >= 0.3 is 0 Å². The number of Topliss-reactive ketones (excluding diaryl/α,β-unsaturated/α-hetero) is 1. The van der Waals surface area contributed by atoms with E-state index < -0.39 is 6.10 Å². The summed E-state index contributed by atoms with van der Waals surface area (Å²) in [6.45, 7) is 3.44. The van der Waals surface area contributed by atoms with Crippen molar-refractivity contribution in [2.75, 3.05) is 5.32 Å². The number of ether oxygens (including phenoxy) is 1. The van der Waals surface area contributed by atoms with Gasteiger partial charge in [0, 0.05) is 27.7 Å². The second-order valence-electron chi connectivity index (χ2n) is 5.21. The fraction of sp³-hybridized carbons (Fsp3) is 0.222. The summed E-state index contributed by atoms with van der Waals surface area (Å²) in [6, 6.07) is 11.5. The maximum atomic E-state index is 12.2. The van der Waals surface area contributed by atoms with Gasteiger partial charge in [-0.25, -0.2) is 0 Å². The van der Waals surface area contributed by atoms with E-state index in [1.54, 1.807) is 56.3 Å². The molecule has 2 aromatic rings. The first-order valence-corrected chi connectivity index (χ1v) is 8.21. The average molecular weight is 366 g/mol. The number of ketones is 1. The largest absolute Gasteiger partial charge is 0.481 e. The van der Waals surface area contributed by atoms with Gasteiger partial charge in [0.2, 0.25) is 0 Å². The quantitative estimate of drug-likeness (QED) is 0.733. The van der Waals surface area contributed by atoms with Crippen molar-refractivity contribution in [3.05, 3.63) is 58.1 Å². The number of carbonyl (C=O) groups excluding carboxylic acids is 2. The third kappa shape index (κ3) is 4.98. The van der Waals surface area contributed by atoms with Gasteiger partial charge in [0.15, 0.2) is 11.9 Å². The molecule has 0 saturated heterocycles. The highest BCUT2D eigenvalue weighted by Gasteiger charge is 2.15. The molecular formula is C18H17Cl2NO3. The van der Waals surface area contributed by atoms with Gasteiger partial charge in [-0.2, -0.15) is 0 Å². The summed E-state index contributed by atoms with van der Waals surface area (Å²) in [6.07, 6.45) is -0.281.